The molecule has 0 atom stereocenters. The van der Waals surface area contributed by atoms with Crippen molar-refractivity contribution >= 4 is 11.9 Å². The van der Waals surface area contributed by atoms with Crippen LogP contribution in [0.4, 0.5) is 0 Å². The molecule has 1 heterocycles. The summed E-state index contributed by atoms with van der Waals surface area (Å²) in [5.74, 6) is 0.817. The minimum atomic E-state index is -0.0306. The smallest absolute Gasteiger partial charge is 0.185 e. The predicted molar refractivity (Wildman–Crippen MR) is 106 cm³/mol. The number of nitrogens with zero attached hydrogens (tertiary/aromatic N) is 1. The second-order valence-corrected chi connectivity index (χ2v) is 6.95. The van der Waals surface area contributed by atoms with Gasteiger partial charge in [0.1, 0.15) is 12.3 Å². The van der Waals surface area contributed by atoms with Gasteiger partial charge in [-0.25, -0.2) is 0 Å². The molecule has 4 nitrogen and oxygen atoms in total. The van der Waals surface area contributed by atoms with Gasteiger partial charge in [0.25, 0.3) is 0 Å². The Morgan fingerprint density at radius 2 is 1.89 bits per heavy atom. The molecule has 2 aromatic carbocycles. The summed E-state index contributed by atoms with van der Waals surface area (Å²) in [5.41, 5.74) is 3.27. The third kappa shape index (κ3) is 5.06. The molecule has 0 aromatic heterocycles. The van der Waals surface area contributed by atoms with E-state index in [-0.39, 0.29) is 5.78 Å². The minimum Gasteiger partial charge on any atom is -0.496 e. The highest BCUT2D eigenvalue weighted by Gasteiger charge is 2.17. The molecule has 0 spiro atoms. The van der Waals surface area contributed by atoms with Crippen LogP contribution in [0.25, 0.3) is 6.08 Å². The monoisotopic (exact) mass is 361 g/mol. The summed E-state index contributed by atoms with van der Waals surface area (Å²) in [5, 5.41) is 8.85. The van der Waals surface area contributed by atoms with E-state index in [0.717, 1.165) is 23.4 Å². The van der Waals surface area contributed by atoms with Crippen molar-refractivity contribution in [1.29, 1.82) is 5.26 Å². The second kappa shape index (κ2) is 9.16. The summed E-state index contributed by atoms with van der Waals surface area (Å²) < 4.78 is 5.50. The van der Waals surface area contributed by atoms with E-state index in [1.54, 1.807) is 36.3 Å². The van der Waals surface area contributed by atoms with Crippen LogP contribution in [0.15, 0.2) is 48.5 Å². The molecule has 1 aliphatic rings. The number of methoxy groups -OCH3 is 1. The van der Waals surface area contributed by atoms with E-state index in [1.807, 2.05) is 30.3 Å². The van der Waals surface area contributed by atoms with E-state index in [1.165, 1.54) is 32.4 Å². The molecule has 1 fully saturated rings. The summed E-state index contributed by atoms with van der Waals surface area (Å²) in [4.78, 5) is 14.2. The lowest BCUT2D eigenvalue weighted by molar-refractivity contribution is -0.918. The van der Waals surface area contributed by atoms with Gasteiger partial charge < -0.3 is 9.64 Å². The fraction of sp³-hybridized carbons (Fsp3) is 0.304. The fourth-order valence-electron chi connectivity index (χ4n) is 3.50. The molecule has 138 valence electrons. The number of hydrogen-bond acceptors (Lipinski definition) is 3. The SMILES string of the molecule is COc1ccc(C(=O)/C=C/c2ccc(C#N)cc2)cc1C[NH+]1CCCCC1. The number of nitrogens with one attached hydrogen (secondary N) is 1. The van der Waals surface area contributed by atoms with Crippen LogP contribution >= 0.6 is 0 Å². The Labute approximate surface area is 160 Å². The number of ketones is 1. The lowest BCUT2D eigenvalue weighted by Crippen LogP contribution is -3.11. The Morgan fingerprint density at radius 3 is 2.56 bits per heavy atom. The van der Waals surface area contributed by atoms with Crippen LogP contribution in [0.2, 0.25) is 0 Å². The number of carbonyl (C=O) groups excluding carboxylic acids is 1. The van der Waals surface area contributed by atoms with Crippen LogP contribution in [-0.4, -0.2) is 26.0 Å². The van der Waals surface area contributed by atoms with Gasteiger partial charge in [-0.05, 0) is 61.2 Å². The molecule has 1 N–H and O–H groups in total. The highest BCUT2D eigenvalue weighted by molar-refractivity contribution is 6.07. The van der Waals surface area contributed by atoms with Crippen LogP contribution in [0.1, 0.15) is 46.3 Å². The largest absolute Gasteiger partial charge is 0.496 e. The Hall–Kier alpha value is -2.90. The average molecular weight is 361 g/mol. The van der Waals surface area contributed by atoms with Crippen molar-refractivity contribution in [2.75, 3.05) is 20.2 Å². The second-order valence-electron chi connectivity index (χ2n) is 6.95. The molecular weight excluding hydrogens is 336 g/mol. The first-order chi connectivity index (χ1) is 13.2. The molecule has 0 aliphatic carbocycles. The maximum atomic E-state index is 12.6. The number of rotatable bonds is 6. The predicted octanol–water partition coefficient (Wildman–Crippen LogP) is 3.03. The van der Waals surface area contributed by atoms with Gasteiger partial charge >= 0.3 is 0 Å². The van der Waals surface area contributed by atoms with E-state index < -0.39 is 0 Å². The van der Waals surface area contributed by atoms with Crippen molar-refractivity contribution in [2.24, 2.45) is 0 Å². The van der Waals surface area contributed by atoms with Crippen molar-refractivity contribution in [3.8, 4) is 11.8 Å². The summed E-state index contributed by atoms with van der Waals surface area (Å²) in [6, 6.07) is 14.9. The third-order valence-electron chi connectivity index (χ3n) is 5.03. The molecule has 2 aromatic rings. The molecule has 0 amide bonds. The molecule has 1 saturated heterocycles. The van der Waals surface area contributed by atoms with Crippen molar-refractivity contribution in [2.45, 2.75) is 25.8 Å². The number of ether oxygens (including phenoxy) is 1. The Bertz CT molecular complexity index is 857. The number of carbonyl (C=O) groups is 1. The molecule has 0 radical (unpaired) electrons. The summed E-state index contributed by atoms with van der Waals surface area (Å²) in [7, 11) is 1.68. The normalized spacial score (nSPS) is 14.8. The van der Waals surface area contributed by atoms with Gasteiger partial charge in [-0.2, -0.15) is 5.26 Å². The van der Waals surface area contributed by atoms with Crippen LogP contribution < -0.4 is 9.64 Å². The van der Waals surface area contributed by atoms with Crippen LogP contribution in [0, 0.1) is 11.3 Å². The third-order valence-corrected chi connectivity index (χ3v) is 5.03. The molecule has 1 aliphatic heterocycles. The van der Waals surface area contributed by atoms with Crippen molar-refractivity contribution < 1.29 is 14.4 Å². The maximum absolute atomic E-state index is 12.6. The Kier molecular flexibility index (Phi) is 6.40. The average Bonchev–Trinajstić information content (AvgIpc) is 2.73. The maximum Gasteiger partial charge on any atom is 0.185 e. The van der Waals surface area contributed by atoms with Gasteiger partial charge in [0.15, 0.2) is 5.78 Å². The number of likely N-dealkylation sites (tertiary alicyclic amines) is 1. The first-order valence-electron chi connectivity index (χ1n) is 9.42. The first kappa shape index (κ1) is 18.9. The fourth-order valence-corrected chi connectivity index (χ4v) is 3.50. The van der Waals surface area contributed by atoms with Crippen molar-refractivity contribution in [3.05, 3.63) is 70.8 Å². The van der Waals surface area contributed by atoms with Gasteiger partial charge in [0.05, 0.1) is 31.8 Å². The molecular formula is C23H25N2O2+. The van der Waals surface area contributed by atoms with Gasteiger partial charge in [0, 0.05) is 11.1 Å². The molecule has 27 heavy (non-hydrogen) atoms. The van der Waals surface area contributed by atoms with E-state index in [2.05, 4.69) is 6.07 Å². The van der Waals surface area contributed by atoms with Gasteiger partial charge in [-0.15, -0.1) is 0 Å². The van der Waals surface area contributed by atoms with Crippen LogP contribution in [0.3, 0.4) is 0 Å². The zero-order valence-electron chi connectivity index (χ0n) is 15.7. The van der Waals surface area contributed by atoms with Crippen LogP contribution in [0.5, 0.6) is 5.75 Å². The van der Waals surface area contributed by atoms with Crippen molar-refractivity contribution in [1.82, 2.24) is 0 Å². The van der Waals surface area contributed by atoms with E-state index >= 15 is 0 Å². The highest BCUT2D eigenvalue weighted by Crippen LogP contribution is 2.20. The van der Waals surface area contributed by atoms with E-state index in [9.17, 15) is 4.79 Å². The van der Waals surface area contributed by atoms with E-state index in [0.29, 0.717) is 11.1 Å². The number of nitriles is 1. The highest BCUT2D eigenvalue weighted by atomic mass is 16.5. The van der Waals surface area contributed by atoms with E-state index in [4.69, 9.17) is 10.00 Å². The lowest BCUT2D eigenvalue weighted by Gasteiger charge is -2.24. The molecule has 0 unspecified atom stereocenters. The molecule has 3 rings (SSSR count). The topological polar surface area (TPSA) is 54.5 Å². The summed E-state index contributed by atoms with van der Waals surface area (Å²) in [6.07, 6.45) is 7.22. The minimum absolute atomic E-state index is 0.0306. The number of allylic oxidation sites excluding steroid dienone is 1. The summed E-state index contributed by atoms with van der Waals surface area (Å²) in [6.45, 7) is 3.25. The molecule has 4 heteroatoms. The standard InChI is InChI=1S/C23H24N2O2/c1-27-23-12-10-20(15-21(23)17-25-13-3-2-4-14-25)22(26)11-9-18-5-7-19(16-24)8-6-18/h5-12,15H,2-4,13-14,17H2,1H3/p+1/b11-9+. The molecule has 0 saturated carbocycles. The number of hydrogen-bond donors (Lipinski definition) is 1. The van der Waals surface area contributed by atoms with Gasteiger partial charge in [0.2, 0.25) is 0 Å². The number of benzene rings is 2. The van der Waals surface area contributed by atoms with Crippen LogP contribution in [-0.2, 0) is 6.54 Å². The molecule has 0 bridgehead atoms. The summed E-state index contributed by atoms with van der Waals surface area (Å²) >= 11 is 0. The number of piperidine rings is 1. The van der Waals surface area contributed by atoms with Gasteiger partial charge in [-0.3, -0.25) is 4.79 Å². The Balaban J connectivity index is 1.74. The first-order valence-corrected chi connectivity index (χ1v) is 9.42. The zero-order chi connectivity index (χ0) is 19.1. The lowest BCUT2D eigenvalue weighted by atomic mass is 10.0. The quantitative estimate of drug-likeness (QED) is 0.636. The van der Waals surface area contributed by atoms with Crippen molar-refractivity contribution in [3.63, 3.8) is 0 Å². The number of quaternary nitrogens is 1. The zero-order valence-corrected chi connectivity index (χ0v) is 15.7. The van der Waals surface area contributed by atoms with Gasteiger partial charge in [-0.1, -0.05) is 18.2 Å². The Morgan fingerprint density at radius 1 is 1.15 bits per heavy atom.